The maximum atomic E-state index is 10.2. The van der Waals surface area contributed by atoms with Gasteiger partial charge >= 0.3 is 0 Å². The lowest BCUT2D eigenvalue weighted by atomic mass is 9.94. The molecule has 14 heavy (non-hydrogen) atoms. The van der Waals surface area contributed by atoms with Crippen LogP contribution < -0.4 is 0 Å². The van der Waals surface area contributed by atoms with Crippen molar-refractivity contribution in [2.75, 3.05) is 7.11 Å². The van der Waals surface area contributed by atoms with E-state index in [0.717, 1.165) is 19.1 Å². The summed E-state index contributed by atoms with van der Waals surface area (Å²) in [5.74, 6) is 0.660. The van der Waals surface area contributed by atoms with Crippen molar-refractivity contribution >= 4 is 6.29 Å². The van der Waals surface area contributed by atoms with Gasteiger partial charge in [0.05, 0.1) is 5.60 Å². The van der Waals surface area contributed by atoms with Gasteiger partial charge in [-0.25, -0.2) is 0 Å². The Hall–Kier alpha value is -0.370. The Kier molecular flexibility index (Phi) is 6.81. The quantitative estimate of drug-likeness (QED) is 0.562. The largest absolute Gasteiger partial charge is 0.379 e. The normalized spacial score (nSPS) is 14.0. The first kappa shape index (κ1) is 13.6. The highest BCUT2D eigenvalue weighted by molar-refractivity contribution is 5.49. The Morgan fingerprint density at radius 1 is 1.36 bits per heavy atom. The van der Waals surface area contributed by atoms with Crippen LogP contribution in [-0.4, -0.2) is 19.0 Å². The van der Waals surface area contributed by atoms with E-state index in [1.807, 2.05) is 0 Å². The monoisotopic (exact) mass is 200 g/mol. The van der Waals surface area contributed by atoms with E-state index in [4.69, 9.17) is 4.74 Å². The summed E-state index contributed by atoms with van der Waals surface area (Å²) in [6.45, 7) is 6.44. The zero-order valence-electron chi connectivity index (χ0n) is 10.0. The standard InChI is InChI=1S/C12H24O2/c1-11(8-6-10-13)7-5-9-12(2,3)14-4/h10-11H,5-9H2,1-4H3. The predicted molar refractivity (Wildman–Crippen MR) is 59.4 cm³/mol. The molecule has 0 saturated carbocycles. The van der Waals surface area contributed by atoms with Crippen LogP contribution >= 0.6 is 0 Å². The second-order valence-corrected chi connectivity index (χ2v) is 4.71. The van der Waals surface area contributed by atoms with Crippen LogP contribution in [0.2, 0.25) is 0 Å². The van der Waals surface area contributed by atoms with Gasteiger partial charge in [0.2, 0.25) is 0 Å². The van der Waals surface area contributed by atoms with Gasteiger partial charge < -0.3 is 9.53 Å². The molecule has 0 N–H and O–H groups in total. The smallest absolute Gasteiger partial charge is 0.120 e. The molecule has 0 aliphatic heterocycles. The summed E-state index contributed by atoms with van der Waals surface area (Å²) in [5.41, 5.74) is 0.00434. The van der Waals surface area contributed by atoms with Gasteiger partial charge in [0.1, 0.15) is 6.29 Å². The molecular weight excluding hydrogens is 176 g/mol. The molecule has 0 rings (SSSR count). The summed E-state index contributed by atoms with van der Waals surface area (Å²) in [6.07, 6.45) is 6.21. The average Bonchev–Trinajstić information content (AvgIpc) is 2.14. The molecule has 0 heterocycles. The Morgan fingerprint density at radius 3 is 2.50 bits per heavy atom. The van der Waals surface area contributed by atoms with Crippen LogP contribution in [-0.2, 0) is 9.53 Å². The lowest BCUT2D eigenvalue weighted by molar-refractivity contribution is -0.108. The molecule has 0 aliphatic rings. The summed E-state index contributed by atoms with van der Waals surface area (Å²) in [4.78, 5) is 10.2. The number of rotatable bonds is 8. The van der Waals surface area contributed by atoms with Crippen molar-refractivity contribution < 1.29 is 9.53 Å². The zero-order valence-corrected chi connectivity index (χ0v) is 10.0. The molecule has 0 bridgehead atoms. The third-order valence-electron chi connectivity index (χ3n) is 2.81. The van der Waals surface area contributed by atoms with Crippen LogP contribution in [0.5, 0.6) is 0 Å². The molecular formula is C12H24O2. The summed E-state index contributed by atoms with van der Waals surface area (Å²) < 4.78 is 5.34. The van der Waals surface area contributed by atoms with Crippen LogP contribution in [0.3, 0.4) is 0 Å². The molecule has 2 nitrogen and oxygen atoms in total. The minimum atomic E-state index is 0.00434. The topological polar surface area (TPSA) is 26.3 Å². The number of ether oxygens (including phenoxy) is 1. The van der Waals surface area contributed by atoms with Crippen molar-refractivity contribution in [3.8, 4) is 0 Å². The van der Waals surface area contributed by atoms with Gasteiger partial charge in [-0.15, -0.1) is 0 Å². The summed E-state index contributed by atoms with van der Waals surface area (Å²) in [7, 11) is 1.76. The molecule has 0 spiro atoms. The van der Waals surface area contributed by atoms with Crippen molar-refractivity contribution in [1.82, 2.24) is 0 Å². The van der Waals surface area contributed by atoms with E-state index in [0.29, 0.717) is 12.3 Å². The first-order valence-electron chi connectivity index (χ1n) is 5.50. The molecule has 1 unspecified atom stereocenters. The number of carbonyl (C=O) groups is 1. The lowest BCUT2D eigenvalue weighted by Gasteiger charge is -2.23. The van der Waals surface area contributed by atoms with Crippen LogP contribution in [0.15, 0.2) is 0 Å². The van der Waals surface area contributed by atoms with Gasteiger partial charge in [0, 0.05) is 13.5 Å². The molecule has 0 aromatic carbocycles. The maximum Gasteiger partial charge on any atom is 0.120 e. The molecule has 2 heteroatoms. The third-order valence-corrected chi connectivity index (χ3v) is 2.81. The van der Waals surface area contributed by atoms with Crippen LogP contribution in [0.25, 0.3) is 0 Å². The molecule has 84 valence electrons. The van der Waals surface area contributed by atoms with Crippen molar-refractivity contribution in [2.24, 2.45) is 5.92 Å². The number of methoxy groups -OCH3 is 1. The van der Waals surface area contributed by atoms with E-state index in [2.05, 4.69) is 20.8 Å². The molecule has 0 aromatic heterocycles. The zero-order chi connectivity index (χ0) is 11.0. The van der Waals surface area contributed by atoms with E-state index in [1.165, 1.54) is 12.8 Å². The van der Waals surface area contributed by atoms with E-state index in [1.54, 1.807) is 7.11 Å². The Balaban J connectivity index is 3.48. The highest BCUT2D eigenvalue weighted by Crippen LogP contribution is 2.20. The van der Waals surface area contributed by atoms with Crippen LogP contribution in [0.4, 0.5) is 0 Å². The Bertz CT molecular complexity index is 152. The van der Waals surface area contributed by atoms with Gasteiger partial charge in [0.15, 0.2) is 0 Å². The fourth-order valence-corrected chi connectivity index (χ4v) is 1.48. The maximum absolute atomic E-state index is 10.2. The molecule has 0 aromatic rings. The molecule has 0 fully saturated rings. The predicted octanol–water partition coefficient (Wildman–Crippen LogP) is 3.20. The minimum Gasteiger partial charge on any atom is -0.379 e. The summed E-state index contributed by atoms with van der Waals surface area (Å²) in [6, 6.07) is 0. The second kappa shape index (κ2) is 6.99. The second-order valence-electron chi connectivity index (χ2n) is 4.71. The van der Waals surface area contributed by atoms with Crippen LogP contribution in [0, 0.1) is 5.92 Å². The van der Waals surface area contributed by atoms with Gasteiger partial charge in [-0.1, -0.05) is 19.8 Å². The number of hydrogen-bond acceptors (Lipinski definition) is 2. The van der Waals surface area contributed by atoms with Gasteiger partial charge in [-0.05, 0) is 32.6 Å². The van der Waals surface area contributed by atoms with E-state index >= 15 is 0 Å². The molecule has 0 amide bonds. The Morgan fingerprint density at radius 2 is 2.00 bits per heavy atom. The average molecular weight is 200 g/mol. The summed E-state index contributed by atoms with van der Waals surface area (Å²) >= 11 is 0. The molecule has 0 radical (unpaired) electrons. The number of hydrogen-bond donors (Lipinski definition) is 0. The SMILES string of the molecule is COC(C)(C)CCCC(C)CCC=O. The highest BCUT2D eigenvalue weighted by Gasteiger charge is 2.15. The lowest BCUT2D eigenvalue weighted by Crippen LogP contribution is -2.22. The van der Waals surface area contributed by atoms with Crippen molar-refractivity contribution in [3.05, 3.63) is 0 Å². The summed E-state index contributed by atoms with van der Waals surface area (Å²) in [5, 5.41) is 0. The van der Waals surface area contributed by atoms with Gasteiger partial charge in [-0.2, -0.15) is 0 Å². The minimum absolute atomic E-state index is 0.00434. The first-order chi connectivity index (χ1) is 6.52. The fourth-order valence-electron chi connectivity index (χ4n) is 1.48. The highest BCUT2D eigenvalue weighted by atomic mass is 16.5. The van der Waals surface area contributed by atoms with Crippen molar-refractivity contribution in [1.29, 1.82) is 0 Å². The van der Waals surface area contributed by atoms with Crippen molar-refractivity contribution in [3.63, 3.8) is 0 Å². The van der Waals surface area contributed by atoms with Gasteiger partial charge in [-0.3, -0.25) is 0 Å². The molecule has 0 aliphatic carbocycles. The fraction of sp³-hybridized carbons (Fsp3) is 0.917. The number of carbonyl (C=O) groups excluding carboxylic acids is 1. The van der Waals surface area contributed by atoms with Crippen LogP contribution in [0.1, 0.15) is 52.9 Å². The first-order valence-corrected chi connectivity index (χ1v) is 5.50. The van der Waals surface area contributed by atoms with E-state index in [9.17, 15) is 4.79 Å². The molecule has 1 atom stereocenters. The van der Waals surface area contributed by atoms with E-state index in [-0.39, 0.29) is 5.60 Å². The van der Waals surface area contributed by atoms with E-state index < -0.39 is 0 Å². The van der Waals surface area contributed by atoms with Gasteiger partial charge in [0.25, 0.3) is 0 Å². The van der Waals surface area contributed by atoms with Crippen molar-refractivity contribution in [2.45, 2.75) is 58.5 Å². The third kappa shape index (κ3) is 7.07. The Labute approximate surface area is 88.0 Å². The molecule has 0 saturated heterocycles. The number of aldehydes is 1.